The summed E-state index contributed by atoms with van der Waals surface area (Å²) in [6.45, 7) is 18.0. The molecule has 0 heterocycles. The first-order valence-electron chi connectivity index (χ1n) is 6.30. The Labute approximate surface area is 112 Å². The van der Waals surface area contributed by atoms with Gasteiger partial charge in [-0.2, -0.15) is 0 Å². The van der Waals surface area contributed by atoms with Crippen molar-refractivity contribution in [2.45, 2.75) is 71.1 Å². The number of rotatable bonds is 0. The second-order valence-electron chi connectivity index (χ2n) is 7.11. The molecular weight excluding hydrogens is 224 g/mol. The van der Waals surface area contributed by atoms with E-state index >= 15 is 0 Å². The standard InChI is InChI=1S/C16H26S/c1-10-9-11(2)13(16(6,7)8)14(17)12(10)15(3,4)5/h9,17H,1-8H3. The molecule has 0 saturated carbocycles. The number of hydrogen-bond acceptors (Lipinski definition) is 1. The molecule has 1 aromatic carbocycles. The molecule has 1 heteroatoms. The van der Waals surface area contributed by atoms with Gasteiger partial charge in [-0.3, -0.25) is 0 Å². The Morgan fingerprint density at radius 3 is 1.29 bits per heavy atom. The third kappa shape index (κ3) is 2.88. The van der Waals surface area contributed by atoms with E-state index in [1.807, 2.05) is 0 Å². The van der Waals surface area contributed by atoms with Gasteiger partial charge in [0.1, 0.15) is 0 Å². The molecule has 0 aliphatic carbocycles. The highest BCUT2D eigenvalue weighted by Crippen LogP contribution is 2.40. The maximum Gasteiger partial charge on any atom is 0.0120 e. The Morgan fingerprint density at radius 2 is 1.06 bits per heavy atom. The van der Waals surface area contributed by atoms with E-state index in [0.717, 1.165) is 0 Å². The third-order valence-corrected chi connectivity index (χ3v) is 3.64. The largest absolute Gasteiger partial charge is 0.143 e. The van der Waals surface area contributed by atoms with E-state index < -0.39 is 0 Å². The zero-order chi connectivity index (χ0) is 13.6. The van der Waals surface area contributed by atoms with Crippen molar-refractivity contribution >= 4 is 12.6 Å². The molecule has 0 radical (unpaired) electrons. The SMILES string of the molecule is Cc1cc(C)c(C(C)(C)C)c(S)c1C(C)(C)C. The average molecular weight is 250 g/mol. The molecule has 17 heavy (non-hydrogen) atoms. The van der Waals surface area contributed by atoms with E-state index in [4.69, 9.17) is 12.6 Å². The van der Waals surface area contributed by atoms with Gasteiger partial charge in [-0.05, 0) is 46.9 Å². The first kappa shape index (κ1) is 14.6. The summed E-state index contributed by atoms with van der Waals surface area (Å²) in [5, 5.41) is 0. The van der Waals surface area contributed by atoms with Crippen LogP contribution in [0, 0.1) is 13.8 Å². The molecule has 1 rings (SSSR count). The molecule has 1 aromatic rings. The molecule has 0 bridgehead atoms. The lowest BCUT2D eigenvalue weighted by Crippen LogP contribution is -2.21. The monoisotopic (exact) mass is 250 g/mol. The molecule has 0 unspecified atom stereocenters. The fourth-order valence-electron chi connectivity index (χ4n) is 2.86. The van der Waals surface area contributed by atoms with E-state index in [0.29, 0.717) is 0 Å². The predicted octanol–water partition coefficient (Wildman–Crippen LogP) is 5.19. The van der Waals surface area contributed by atoms with Crippen molar-refractivity contribution < 1.29 is 0 Å². The van der Waals surface area contributed by atoms with Crippen LogP contribution in [0.1, 0.15) is 63.8 Å². The molecule has 0 fully saturated rings. The summed E-state index contributed by atoms with van der Waals surface area (Å²) in [5.74, 6) is 0. The minimum Gasteiger partial charge on any atom is -0.143 e. The Balaban J connectivity index is 3.67. The second kappa shape index (κ2) is 4.35. The van der Waals surface area contributed by atoms with Crippen LogP contribution in [0.2, 0.25) is 0 Å². The molecule has 0 aliphatic rings. The van der Waals surface area contributed by atoms with Crippen molar-refractivity contribution in [2.24, 2.45) is 0 Å². The first-order valence-corrected chi connectivity index (χ1v) is 6.75. The number of thiol groups is 1. The summed E-state index contributed by atoms with van der Waals surface area (Å²) in [7, 11) is 0. The molecule has 0 nitrogen and oxygen atoms in total. The topological polar surface area (TPSA) is 0 Å². The van der Waals surface area contributed by atoms with Crippen molar-refractivity contribution in [1.29, 1.82) is 0 Å². The molecule has 0 atom stereocenters. The molecule has 0 aliphatic heterocycles. The predicted molar refractivity (Wildman–Crippen MR) is 80.6 cm³/mol. The Hall–Kier alpha value is -0.430. The smallest absolute Gasteiger partial charge is 0.0120 e. The third-order valence-electron chi connectivity index (χ3n) is 3.20. The van der Waals surface area contributed by atoms with Crippen molar-refractivity contribution in [1.82, 2.24) is 0 Å². The molecule has 0 saturated heterocycles. The van der Waals surface area contributed by atoms with Gasteiger partial charge in [-0.25, -0.2) is 0 Å². The van der Waals surface area contributed by atoms with E-state index in [1.165, 1.54) is 27.1 Å². The summed E-state index contributed by atoms with van der Waals surface area (Å²) in [4.78, 5) is 1.18. The van der Waals surface area contributed by atoms with Crippen LogP contribution in [-0.2, 0) is 10.8 Å². The van der Waals surface area contributed by atoms with E-state index in [9.17, 15) is 0 Å². The minimum atomic E-state index is 0.148. The Kier molecular flexibility index (Phi) is 3.74. The highest BCUT2D eigenvalue weighted by Gasteiger charge is 2.27. The highest BCUT2D eigenvalue weighted by molar-refractivity contribution is 7.80. The van der Waals surface area contributed by atoms with Gasteiger partial charge in [-0.1, -0.05) is 47.6 Å². The van der Waals surface area contributed by atoms with Gasteiger partial charge >= 0.3 is 0 Å². The zero-order valence-corrected chi connectivity index (χ0v) is 13.4. The van der Waals surface area contributed by atoms with E-state index in [1.54, 1.807) is 0 Å². The van der Waals surface area contributed by atoms with E-state index in [2.05, 4.69) is 61.5 Å². The second-order valence-corrected chi connectivity index (χ2v) is 7.56. The quantitative estimate of drug-likeness (QED) is 0.602. The van der Waals surface area contributed by atoms with Gasteiger partial charge in [0.05, 0.1) is 0 Å². The summed E-state index contributed by atoms with van der Waals surface area (Å²) < 4.78 is 0. The zero-order valence-electron chi connectivity index (χ0n) is 12.5. The molecule has 0 spiro atoms. The number of hydrogen-bond donors (Lipinski definition) is 1. The molecule has 0 N–H and O–H groups in total. The number of benzene rings is 1. The van der Waals surface area contributed by atoms with Crippen LogP contribution in [0.5, 0.6) is 0 Å². The van der Waals surface area contributed by atoms with Gasteiger partial charge in [0.15, 0.2) is 0 Å². The van der Waals surface area contributed by atoms with Crippen molar-refractivity contribution in [3.63, 3.8) is 0 Å². The Morgan fingerprint density at radius 1 is 0.765 bits per heavy atom. The van der Waals surface area contributed by atoms with Gasteiger partial charge < -0.3 is 0 Å². The highest BCUT2D eigenvalue weighted by atomic mass is 32.1. The lowest BCUT2D eigenvalue weighted by Gasteiger charge is -2.31. The normalized spacial score (nSPS) is 13.0. The van der Waals surface area contributed by atoms with Gasteiger partial charge in [-0.15, -0.1) is 12.6 Å². The van der Waals surface area contributed by atoms with Crippen LogP contribution < -0.4 is 0 Å². The van der Waals surface area contributed by atoms with Crippen LogP contribution in [0.25, 0.3) is 0 Å². The average Bonchev–Trinajstić information content (AvgIpc) is 1.94. The molecule has 0 amide bonds. The fraction of sp³-hybridized carbons (Fsp3) is 0.625. The lowest BCUT2D eigenvalue weighted by atomic mass is 9.76. The van der Waals surface area contributed by atoms with E-state index in [-0.39, 0.29) is 10.8 Å². The summed E-state index contributed by atoms with van der Waals surface area (Å²) >= 11 is 4.84. The number of aryl methyl sites for hydroxylation is 2. The van der Waals surface area contributed by atoms with Crippen molar-refractivity contribution in [3.8, 4) is 0 Å². The van der Waals surface area contributed by atoms with Crippen LogP contribution >= 0.6 is 12.6 Å². The molecule has 0 aromatic heterocycles. The van der Waals surface area contributed by atoms with Crippen LogP contribution in [0.3, 0.4) is 0 Å². The Bertz CT molecular complexity index is 390. The summed E-state index contributed by atoms with van der Waals surface area (Å²) in [5.41, 5.74) is 5.78. The maximum atomic E-state index is 4.84. The lowest BCUT2D eigenvalue weighted by molar-refractivity contribution is 0.541. The van der Waals surface area contributed by atoms with Gasteiger partial charge in [0, 0.05) is 4.90 Å². The van der Waals surface area contributed by atoms with Crippen molar-refractivity contribution in [2.75, 3.05) is 0 Å². The van der Waals surface area contributed by atoms with Crippen LogP contribution in [0.4, 0.5) is 0 Å². The molecule has 96 valence electrons. The van der Waals surface area contributed by atoms with Gasteiger partial charge in [0.2, 0.25) is 0 Å². The summed E-state index contributed by atoms with van der Waals surface area (Å²) in [6.07, 6.45) is 0. The fourth-order valence-corrected chi connectivity index (χ4v) is 3.88. The summed E-state index contributed by atoms with van der Waals surface area (Å²) in [6, 6.07) is 2.31. The molecular formula is C16H26S. The van der Waals surface area contributed by atoms with Crippen molar-refractivity contribution in [3.05, 3.63) is 28.3 Å². The van der Waals surface area contributed by atoms with Crippen LogP contribution in [0.15, 0.2) is 11.0 Å². The minimum absolute atomic E-state index is 0.148. The maximum absolute atomic E-state index is 4.84. The van der Waals surface area contributed by atoms with Gasteiger partial charge in [0.25, 0.3) is 0 Å². The van der Waals surface area contributed by atoms with Crippen LogP contribution in [-0.4, -0.2) is 0 Å². The first-order chi connectivity index (χ1) is 7.46.